The van der Waals surface area contributed by atoms with Gasteiger partial charge in [-0.1, -0.05) is 0 Å². The topological polar surface area (TPSA) is 175 Å². The maximum absolute atomic E-state index is 11.4. The van der Waals surface area contributed by atoms with Crippen LogP contribution in [-0.2, 0) is 19.1 Å². The van der Waals surface area contributed by atoms with E-state index in [0.29, 0.717) is 11.4 Å². The van der Waals surface area contributed by atoms with Crippen LogP contribution in [0.3, 0.4) is 0 Å². The first-order valence-electron chi connectivity index (χ1n) is 9.02. The number of aliphatic hydroxyl groups excluding tert-OH is 3. The quantitative estimate of drug-likeness (QED) is 0.305. The Morgan fingerprint density at radius 2 is 1.77 bits per heavy atom. The van der Waals surface area contributed by atoms with Gasteiger partial charge < -0.3 is 40.5 Å². The van der Waals surface area contributed by atoms with Gasteiger partial charge in [0.1, 0.15) is 30.7 Å². The van der Waals surface area contributed by atoms with Gasteiger partial charge in [-0.15, -0.1) is 0 Å². The van der Waals surface area contributed by atoms with Crippen molar-refractivity contribution in [2.75, 3.05) is 11.9 Å². The number of aliphatic carboxylic acids is 1. The average molecular weight is 424 g/mol. The molecule has 0 saturated carbocycles. The van der Waals surface area contributed by atoms with E-state index in [0.717, 1.165) is 6.08 Å². The van der Waals surface area contributed by atoms with E-state index in [4.69, 9.17) is 14.6 Å². The first kappa shape index (κ1) is 23.1. The monoisotopic (exact) mass is 424 g/mol. The van der Waals surface area contributed by atoms with Gasteiger partial charge in [-0.05, 0) is 30.3 Å². The van der Waals surface area contributed by atoms with Crippen LogP contribution in [0.25, 0.3) is 0 Å². The molecule has 6 N–H and O–H groups in total. The van der Waals surface area contributed by atoms with Crippen molar-refractivity contribution in [3.63, 3.8) is 0 Å². The van der Waals surface area contributed by atoms with Gasteiger partial charge in [0.2, 0.25) is 17.6 Å². The lowest BCUT2D eigenvalue weighted by molar-refractivity contribution is -0.149. The third kappa shape index (κ3) is 6.17. The van der Waals surface area contributed by atoms with Crippen LogP contribution in [0.1, 0.15) is 13.8 Å². The second kappa shape index (κ2) is 10.1. The Labute approximate surface area is 171 Å². The van der Waals surface area contributed by atoms with Gasteiger partial charge in [0, 0.05) is 19.5 Å². The van der Waals surface area contributed by atoms with Gasteiger partial charge in [0.25, 0.3) is 0 Å². The third-order valence-electron chi connectivity index (χ3n) is 4.21. The summed E-state index contributed by atoms with van der Waals surface area (Å²) in [7, 11) is 0. The molecule has 0 spiro atoms. The zero-order valence-electron chi connectivity index (χ0n) is 16.3. The number of benzene rings is 1. The fourth-order valence-corrected chi connectivity index (χ4v) is 2.86. The van der Waals surface area contributed by atoms with Gasteiger partial charge in [-0.3, -0.25) is 9.59 Å². The van der Waals surface area contributed by atoms with Gasteiger partial charge >= 0.3 is 5.97 Å². The highest BCUT2D eigenvalue weighted by Crippen LogP contribution is 2.23. The normalized spacial score (nSPS) is 22.7. The smallest absolute Gasteiger partial charge is 0.370 e. The Morgan fingerprint density at radius 1 is 1.13 bits per heavy atom. The largest absolute Gasteiger partial charge is 0.491 e. The van der Waals surface area contributed by atoms with Crippen LogP contribution in [-0.4, -0.2) is 75.3 Å². The summed E-state index contributed by atoms with van der Waals surface area (Å²) in [6.07, 6.45) is -5.24. The average Bonchev–Trinajstić information content (AvgIpc) is 2.67. The lowest BCUT2D eigenvalue weighted by atomic mass is 9.94. The van der Waals surface area contributed by atoms with Gasteiger partial charge in [-0.25, -0.2) is 4.79 Å². The molecular formula is C19H24N2O9. The highest BCUT2D eigenvalue weighted by molar-refractivity contribution is 5.88. The molecule has 0 saturated heterocycles. The zero-order valence-corrected chi connectivity index (χ0v) is 16.3. The van der Waals surface area contributed by atoms with Crippen molar-refractivity contribution < 1.29 is 44.3 Å². The molecule has 164 valence electrons. The molecule has 5 atom stereocenters. The van der Waals surface area contributed by atoms with Crippen LogP contribution in [0.2, 0.25) is 0 Å². The summed E-state index contributed by atoms with van der Waals surface area (Å²) in [5, 5.41) is 45.0. The number of anilines is 1. The molecule has 1 heterocycles. The van der Waals surface area contributed by atoms with Crippen molar-refractivity contribution in [1.82, 2.24) is 5.32 Å². The molecule has 0 unspecified atom stereocenters. The number of carbonyl (C=O) groups is 3. The molecule has 1 aromatic rings. The summed E-state index contributed by atoms with van der Waals surface area (Å²) in [5.74, 6) is -2.53. The molecule has 1 aliphatic heterocycles. The molecule has 2 rings (SSSR count). The Kier molecular flexibility index (Phi) is 7.75. The van der Waals surface area contributed by atoms with Gasteiger partial charge in [0.15, 0.2) is 6.10 Å². The van der Waals surface area contributed by atoms with Crippen LogP contribution >= 0.6 is 0 Å². The first-order valence-corrected chi connectivity index (χ1v) is 9.02. The van der Waals surface area contributed by atoms with E-state index in [2.05, 4.69) is 10.6 Å². The van der Waals surface area contributed by atoms with Crippen molar-refractivity contribution in [3.05, 3.63) is 36.1 Å². The van der Waals surface area contributed by atoms with Crippen LogP contribution < -0.4 is 15.4 Å². The standard InChI is InChI=1S/C19H24N2O9/c1-9(22)20-11-3-5-12(6-4-11)29-8-14(25)17(26)18-16(21-10(2)23)13(24)7-15(30-18)19(27)28/h3-7,13-14,16-18,24-26H,8H2,1-2H3,(H,20,22)(H,21,23)(H,27,28)/t13-,14+,16+,17+,18+/m0/s1. The fraction of sp³-hybridized carbons (Fsp3) is 0.421. The molecule has 1 aliphatic rings. The van der Waals surface area contributed by atoms with Crippen molar-refractivity contribution in [2.24, 2.45) is 0 Å². The predicted octanol–water partition coefficient (Wildman–Crippen LogP) is -1.02. The zero-order chi connectivity index (χ0) is 22.4. The van der Waals surface area contributed by atoms with Crippen molar-refractivity contribution in [3.8, 4) is 5.75 Å². The molecule has 30 heavy (non-hydrogen) atoms. The van der Waals surface area contributed by atoms with Crippen LogP contribution in [0, 0.1) is 0 Å². The Morgan fingerprint density at radius 3 is 2.30 bits per heavy atom. The van der Waals surface area contributed by atoms with Crippen LogP contribution in [0.5, 0.6) is 5.75 Å². The van der Waals surface area contributed by atoms with E-state index >= 15 is 0 Å². The molecule has 0 aromatic heterocycles. The van der Waals surface area contributed by atoms with E-state index < -0.39 is 54.7 Å². The van der Waals surface area contributed by atoms with E-state index in [1.165, 1.54) is 26.0 Å². The molecule has 11 nitrogen and oxygen atoms in total. The number of rotatable bonds is 8. The Hall–Kier alpha value is -3.15. The molecule has 0 radical (unpaired) electrons. The van der Waals surface area contributed by atoms with E-state index in [9.17, 15) is 29.7 Å². The maximum atomic E-state index is 11.4. The number of carbonyl (C=O) groups excluding carboxylic acids is 2. The molecule has 0 fully saturated rings. The number of hydrogen-bond donors (Lipinski definition) is 6. The number of ether oxygens (including phenoxy) is 2. The SMILES string of the molecule is CC(=O)Nc1ccc(OC[C@@H](O)[C@@H](O)[C@@H]2OC(C(=O)O)=C[C@H](O)[C@H]2NC(C)=O)cc1. The van der Waals surface area contributed by atoms with Gasteiger partial charge in [0.05, 0.1) is 6.04 Å². The highest BCUT2D eigenvalue weighted by Gasteiger charge is 2.43. The highest BCUT2D eigenvalue weighted by atomic mass is 16.5. The predicted molar refractivity (Wildman–Crippen MR) is 102 cm³/mol. The number of nitrogens with one attached hydrogen (secondary N) is 2. The molecule has 0 bridgehead atoms. The molecule has 11 heteroatoms. The summed E-state index contributed by atoms with van der Waals surface area (Å²) in [5.41, 5.74) is 0.547. The number of amides is 2. The van der Waals surface area contributed by atoms with Crippen molar-refractivity contribution in [2.45, 2.75) is 44.3 Å². The van der Waals surface area contributed by atoms with E-state index in [1.807, 2.05) is 0 Å². The van der Waals surface area contributed by atoms with Crippen molar-refractivity contribution in [1.29, 1.82) is 0 Å². The second-order valence-corrected chi connectivity index (χ2v) is 6.71. The summed E-state index contributed by atoms with van der Waals surface area (Å²) >= 11 is 0. The lowest BCUT2D eigenvalue weighted by Gasteiger charge is -2.38. The summed E-state index contributed by atoms with van der Waals surface area (Å²) in [6.45, 7) is 2.15. The van der Waals surface area contributed by atoms with Crippen LogP contribution in [0.15, 0.2) is 36.1 Å². The van der Waals surface area contributed by atoms with Gasteiger partial charge in [-0.2, -0.15) is 0 Å². The minimum atomic E-state index is -1.70. The fourth-order valence-electron chi connectivity index (χ4n) is 2.86. The minimum absolute atomic E-state index is 0.236. The number of carboxylic acids is 1. The molecule has 2 amide bonds. The number of carboxylic acid groups (broad SMARTS) is 1. The van der Waals surface area contributed by atoms with E-state index in [-0.39, 0.29) is 5.91 Å². The third-order valence-corrected chi connectivity index (χ3v) is 4.21. The maximum Gasteiger partial charge on any atom is 0.370 e. The van der Waals surface area contributed by atoms with Crippen LogP contribution in [0.4, 0.5) is 5.69 Å². The summed E-state index contributed by atoms with van der Waals surface area (Å²) < 4.78 is 10.6. The molecule has 0 aliphatic carbocycles. The molecular weight excluding hydrogens is 400 g/mol. The number of aliphatic hydroxyl groups is 3. The first-order chi connectivity index (χ1) is 14.1. The Balaban J connectivity index is 2.05. The Bertz CT molecular complexity index is 809. The number of hydrogen-bond acceptors (Lipinski definition) is 8. The lowest BCUT2D eigenvalue weighted by Crippen LogP contribution is -2.60. The summed E-state index contributed by atoms with van der Waals surface area (Å²) in [4.78, 5) is 33.6. The molecule has 1 aromatic carbocycles. The second-order valence-electron chi connectivity index (χ2n) is 6.71. The van der Waals surface area contributed by atoms with E-state index in [1.54, 1.807) is 12.1 Å². The minimum Gasteiger partial charge on any atom is -0.491 e. The summed E-state index contributed by atoms with van der Waals surface area (Å²) in [6, 6.07) is 5.05. The van der Waals surface area contributed by atoms with Crippen molar-refractivity contribution >= 4 is 23.5 Å².